The van der Waals surface area contributed by atoms with Crippen molar-refractivity contribution in [3.05, 3.63) is 30.1 Å². The summed E-state index contributed by atoms with van der Waals surface area (Å²) in [5.74, 6) is 0. The molecule has 0 aromatic carbocycles. The van der Waals surface area contributed by atoms with Crippen LogP contribution in [0.25, 0.3) is 0 Å². The van der Waals surface area contributed by atoms with Crippen molar-refractivity contribution >= 4 is 0 Å². The van der Waals surface area contributed by atoms with Crippen molar-refractivity contribution in [3.63, 3.8) is 0 Å². The lowest BCUT2D eigenvalue weighted by molar-refractivity contribution is 0.100. The third kappa shape index (κ3) is 3.54. The minimum Gasteiger partial charge on any atom is -0.329 e. The van der Waals surface area contributed by atoms with Gasteiger partial charge >= 0.3 is 0 Å². The Labute approximate surface area is 117 Å². The Morgan fingerprint density at radius 3 is 2.47 bits per heavy atom. The van der Waals surface area contributed by atoms with Crippen molar-refractivity contribution in [2.75, 3.05) is 19.6 Å². The second-order valence-electron chi connectivity index (χ2n) is 5.73. The average molecular weight is 261 g/mol. The van der Waals surface area contributed by atoms with E-state index in [1.54, 1.807) is 0 Å². The van der Waals surface area contributed by atoms with Gasteiger partial charge in [-0.05, 0) is 49.9 Å². The lowest BCUT2D eigenvalue weighted by Gasteiger charge is -2.41. The van der Waals surface area contributed by atoms with Gasteiger partial charge in [0.1, 0.15) is 0 Å². The van der Waals surface area contributed by atoms with Gasteiger partial charge in [0.2, 0.25) is 0 Å². The minimum absolute atomic E-state index is 0.281. The van der Waals surface area contributed by atoms with E-state index in [4.69, 9.17) is 5.73 Å². The summed E-state index contributed by atoms with van der Waals surface area (Å²) in [6, 6.07) is 4.24. The summed E-state index contributed by atoms with van der Waals surface area (Å²) in [6.45, 7) is 5.36. The average Bonchev–Trinajstić information content (AvgIpc) is 2.94. The van der Waals surface area contributed by atoms with E-state index in [1.165, 1.54) is 44.2 Å². The lowest BCUT2D eigenvalue weighted by atomic mass is 9.94. The molecule has 1 heterocycles. The molecule has 1 aromatic heterocycles. The molecule has 1 aromatic rings. The SMILES string of the molecule is CCCN(CCc1ccncc1)C1(CN)CCCC1. The zero-order valence-electron chi connectivity index (χ0n) is 12.1. The molecule has 1 aliphatic rings. The minimum atomic E-state index is 0.281. The van der Waals surface area contributed by atoms with Gasteiger partial charge in [-0.2, -0.15) is 0 Å². The van der Waals surface area contributed by atoms with Crippen LogP contribution in [0, 0.1) is 0 Å². The zero-order valence-corrected chi connectivity index (χ0v) is 12.1. The molecule has 0 atom stereocenters. The maximum Gasteiger partial charge on any atom is 0.0331 e. The number of aromatic nitrogens is 1. The molecule has 0 unspecified atom stereocenters. The predicted octanol–water partition coefficient (Wildman–Crippen LogP) is 2.61. The van der Waals surface area contributed by atoms with Gasteiger partial charge in [-0.3, -0.25) is 9.88 Å². The number of rotatable bonds is 7. The Balaban J connectivity index is 1.99. The van der Waals surface area contributed by atoms with E-state index in [2.05, 4.69) is 28.9 Å². The third-order valence-electron chi connectivity index (χ3n) is 4.50. The van der Waals surface area contributed by atoms with Crippen molar-refractivity contribution in [2.45, 2.75) is 51.0 Å². The predicted molar refractivity (Wildman–Crippen MR) is 80.1 cm³/mol. The first kappa shape index (κ1) is 14.5. The van der Waals surface area contributed by atoms with Crippen molar-refractivity contribution in [2.24, 2.45) is 5.73 Å². The van der Waals surface area contributed by atoms with Crippen LogP contribution in [0.4, 0.5) is 0 Å². The van der Waals surface area contributed by atoms with Gasteiger partial charge in [-0.25, -0.2) is 0 Å². The van der Waals surface area contributed by atoms with Crippen LogP contribution in [0.1, 0.15) is 44.6 Å². The molecule has 106 valence electrons. The molecule has 3 nitrogen and oxygen atoms in total. The fourth-order valence-electron chi connectivity index (χ4n) is 3.35. The molecule has 0 amide bonds. The first-order chi connectivity index (χ1) is 9.30. The van der Waals surface area contributed by atoms with Crippen LogP contribution in [0.3, 0.4) is 0 Å². The number of nitrogens with zero attached hydrogens (tertiary/aromatic N) is 2. The maximum absolute atomic E-state index is 6.12. The highest BCUT2D eigenvalue weighted by atomic mass is 15.2. The van der Waals surface area contributed by atoms with Gasteiger partial charge in [-0.1, -0.05) is 19.8 Å². The fourth-order valence-corrected chi connectivity index (χ4v) is 3.35. The number of pyridine rings is 1. The van der Waals surface area contributed by atoms with E-state index in [0.29, 0.717) is 0 Å². The smallest absolute Gasteiger partial charge is 0.0331 e. The molecule has 1 saturated carbocycles. The highest BCUT2D eigenvalue weighted by Gasteiger charge is 2.37. The van der Waals surface area contributed by atoms with Crippen LogP contribution in [-0.2, 0) is 6.42 Å². The standard InChI is InChI=1S/C16H27N3/c1-2-12-19(16(14-17)8-3-4-9-16)13-7-15-5-10-18-11-6-15/h5-6,10-11H,2-4,7-9,12-14,17H2,1H3. The summed E-state index contributed by atoms with van der Waals surface area (Å²) in [5.41, 5.74) is 7.77. The summed E-state index contributed by atoms with van der Waals surface area (Å²) < 4.78 is 0. The second kappa shape index (κ2) is 7.01. The van der Waals surface area contributed by atoms with E-state index < -0.39 is 0 Å². The van der Waals surface area contributed by atoms with Crippen molar-refractivity contribution in [1.82, 2.24) is 9.88 Å². The second-order valence-corrected chi connectivity index (χ2v) is 5.73. The maximum atomic E-state index is 6.12. The largest absolute Gasteiger partial charge is 0.329 e. The topological polar surface area (TPSA) is 42.2 Å². The van der Waals surface area contributed by atoms with E-state index in [1.807, 2.05) is 12.4 Å². The molecule has 0 spiro atoms. The highest BCUT2D eigenvalue weighted by Crippen LogP contribution is 2.34. The van der Waals surface area contributed by atoms with Crippen LogP contribution in [0.2, 0.25) is 0 Å². The summed E-state index contributed by atoms with van der Waals surface area (Å²) in [5, 5.41) is 0. The van der Waals surface area contributed by atoms with Crippen molar-refractivity contribution < 1.29 is 0 Å². The molecule has 0 radical (unpaired) electrons. The monoisotopic (exact) mass is 261 g/mol. The van der Waals surface area contributed by atoms with Crippen LogP contribution in [0.15, 0.2) is 24.5 Å². The summed E-state index contributed by atoms with van der Waals surface area (Å²) in [7, 11) is 0. The Morgan fingerprint density at radius 1 is 1.21 bits per heavy atom. The molecule has 19 heavy (non-hydrogen) atoms. The first-order valence-corrected chi connectivity index (χ1v) is 7.65. The molecular formula is C16H27N3. The molecule has 3 heteroatoms. The lowest BCUT2D eigenvalue weighted by Crippen LogP contribution is -2.53. The molecule has 2 N–H and O–H groups in total. The normalized spacial score (nSPS) is 18.1. The molecule has 1 fully saturated rings. The molecule has 0 aliphatic heterocycles. The molecular weight excluding hydrogens is 234 g/mol. The summed E-state index contributed by atoms with van der Waals surface area (Å²) in [6.07, 6.45) is 11.3. The molecule has 1 aliphatic carbocycles. The van der Waals surface area contributed by atoms with Crippen molar-refractivity contribution in [3.8, 4) is 0 Å². The number of hydrogen-bond acceptors (Lipinski definition) is 3. The first-order valence-electron chi connectivity index (χ1n) is 7.65. The third-order valence-corrected chi connectivity index (χ3v) is 4.50. The van der Waals surface area contributed by atoms with E-state index in [-0.39, 0.29) is 5.54 Å². The van der Waals surface area contributed by atoms with Crippen LogP contribution in [0.5, 0.6) is 0 Å². The highest BCUT2D eigenvalue weighted by molar-refractivity contribution is 5.10. The van der Waals surface area contributed by atoms with Crippen LogP contribution in [-0.4, -0.2) is 35.1 Å². The van der Waals surface area contributed by atoms with E-state index in [9.17, 15) is 0 Å². The van der Waals surface area contributed by atoms with Gasteiger partial charge in [0, 0.05) is 31.0 Å². The summed E-state index contributed by atoms with van der Waals surface area (Å²) >= 11 is 0. The van der Waals surface area contributed by atoms with Gasteiger partial charge in [0.05, 0.1) is 0 Å². The summed E-state index contributed by atoms with van der Waals surface area (Å²) in [4.78, 5) is 6.74. The fraction of sp³-hybridized carbons (Fsp3) is 0.688. The van der Waals surface area contributed by atoms with Gasteiger partial charge in [0.15, 0.2) is 0 Å². The molecule has 2 rings (SSSR count). The Kier molecular flexibility index (Phi) is 5.34. The zero-order chi connectivity index (χ0) is 13.6. The van der Waals surface area contributed by atoms with Crippen LogP contribution >= 0.6 is 0 Å². The number of nitrogens with two attached hydrogens (primary N) is 1. The quantitative estimate of drug-likeness (QED) is 0.820. The molecule has 0 saturated heterocycles. The van der Waals surface area contributed by atoms with Gasteiger partial charge < -0.3 is 5.73 Å². The van der Waals surface area contributed by atoms with E-state index >= 15 is 0 Å². The Hall–Kier alpha value is -0.930. The van der Waals surface area contributed by atoms with Gasteiger partial charge in [0.25, 0.3) is 0 Å². The Morgan fingerprint density at radius 2 is 1.89 bits per heavy atom. The van der Waals surface area contributed by atoms with Crippen LogP contribution < -0.4 is 5.73 Å². The Bertz CT molecular complexity index is 358. The number of hydrogen-bond donors (Lipinski definition) is 1. The van der Waals surface area contributed by atoms with Crippen molar-refractivity contribution in [1.29, 1.82) is 0 Å². The van der Waals surface area contributed by atoms with E-state index in [0.717, 1.165) is 19.5 Å². The van der Waals surface area contributed by atoms with Gasteiger partial charge in [-0.15, -0.1) is 0 Å². The molecule has 0 bridgehead atoms.